The SMILES string of the molecule is O=C([C@H]1CNCC[C@@H]1C1=CC(c2ccccc2)=CCC1)N(Cc1cccc(Cl)c1Cl)C1CC1. The first-order chi connectivity index (χ1) is 16.1. The molecule has 33 heavy (non-hydrogen) atoms. The Kier molecular flexibility index (Phi) is 6.91. The zero-order valence-corrected chi connectivity index (χ0v) is 20.3. The van der Waals surface area contributed by atoms with Gasteiger partial charge in [-0.3, -0.25) is 4.79 Å². The van der Waals surface area contributed by atoms with E-state index in [4.69, 9.17) is 23.2 Å². The molecular formula is C28H30Cl2N2O. The summed E-state index contributed by atoms with van der Waals surface area (Å²) in [6.45, 7) is 2.22. The van der Waals surface area contributed by atoms with Crippen LogP contribution in [0.4, 0.5) is 0 Å². The first-order valence-corrected chi connectivity index (χ1v) is 12.8. The molecule has 1 amide bonds. The van der Waals surface area contributed by atoms with Gasteiger partial charge < -0.3 is 10.2 Å². The molecule has 1 saturated heterocycles. The van der Waals surface area contributed by atoms with Crippen LogP contribution < -0.4 is 5.32 Å². The third-order valence-corrected chi connectivity index (χ3v) is 8.02. The summed E-state index contributed by atoms with van der Waals surface area (Å²) < 4.78 is 0. The summed E-state index contributed by atoms with van der Waals surface area (Å²) in [7, 11) is 0. The second-order valence-corrected chi connectivity index (χ2v) is 10.2. The van der Waals surface area contributed by atoms with Crippen molar-refractivity contribution >= 4 is 34.7 Å². The summed E-state index contributed by atoms with van der Waals surface area (Å²) in [5, 5.41) is 4.59. The van der Waals surface area contributed by atoms with E-state index < -0.39 is 0 Å². The molecule has 2 atom stereocenters. The van der Waals surface area contributed by atoms with Gasteiger partial charge in [0.15, 0.2) is 0 Å². The minimum absolute atomic E-state index is 0.0429. The number of allylic oxidation sites excluding steroid dienone is 4. The topological polar surface area (TPSA) is 32.3 Å². The lowest BCUT2D eigenvalue weighted by molar-refractivity contribution is -0.138. The van der Waals surface area contributed by atoms with Gasteiger partial charge in [0.2, 0.25) is 5.91 Å². The van der Waals surface area contributed by atoms with E-state index in [9.17, 15) is 4.79 Å². The smallest absolute Gasteiger partial charge is 0.228 e. The van der Waals surface area contributed by atoms with Crippen LogP contribution in [0.3, 0.4) is 0 Å². The Balaban J connectivity index is 1.39. The lowest BCUT2D eigenvalue weighted by atomic mass is 9.76. The lowest BCUT2D eigenvalue weighted by Crippen LogP contribution is -2.48. The number of carbonyl (C=O) groups is 1. The second-order valence-electron chi connectivity index (χ2n) is 9.40. The molecule has 0 bridgehead atoms. The molecule has 0 unspecified atom stereocenters. The molecule has 5 rings (SSSR count). The van der Waals surface area contributed by atoms with Crippen LogP contribution in [0.15, 0.2) is 66.3 Å². The van der Waals surface area contributed by atoms with Crippen molar-refractivity contribution in [3.8, 4) is 0 Å². The number of hydrogen-bond acceptors (Lipinski definition) is 2. The number of nitrogens with one attached hydrogen (secondary N) is 1. The van der Waals surface area contributed by atoms with Gasteiger partial charge in [-0.05, 0) is 67.3 Å². The zero-order valence-electron chi connectivity index (χ0n) is 18.8. The number of benzene rings is 2. The Morgan fingerprint density at radius 2 is 1.85 bits per heavy atom. The van der Waals surface area contributed by atoms with Crippen molar-refractivity contribution in [1.29, 1.82) is 0 Å². The van der Waals surface area contributed by atoms with Crippen molar-refractivity contribution in [2.24, 2.45) is 11.8 Å². The van der Waals surface area contributed by atoms with Crippen molar-refractivity contribution < 1.29 is 4.79 Å². The molecule has 0 spiro atoms. The third-order valence-electron chi connectivity index (χ3n) is 7.16. The standard InChI is InChI=1S/C28H30Cl2N2O/c29-26-11-5-10-22(27(26)30)18-32(23-12-13-23)28(33)25-17-31-15-14-24(25)21-9-4-8-20(16-21)19-6-2-1-3-7-19/h1-3,5-8,10-11,16,23-25,31H,4,9,12-15,17-18H2/t24-,25+/m1/s1. The maximum absolute atomic E-state index is 14.0. The van der Waals surface area contributed by atoms with E-state index in [2.05, 4.69) is 52.7 Å². The quantitative estimate of drug-likeness (QED) is 0.510. The van der Waals surface area contributed by atoms with Gasteiger partial charge in [-0.2, -0.15) is 0 Å². The number of nitrogens with zero attached hydrogens (tertiary/aromatic N) is 1. The Morgan fingerprint density at radius 1 is 1.03 bits per heavy atom. The Hall–Kier alpha value is -2.07. The van der Waals surface area contributed by atoms with E-state index in [1.54, 1.807) is 6.07 Å². The largest absolute Gasteiger partial charge is 0.335 e. The number of piperidine rings is 1. The fourth-order valence-corrected chi connectivity index (χ4v) is 5.63. The number of amides is 1. The summed E-state index contributed by atoms with van der Waals surface area (Å²) >= 11 is 12.7. The van der Waals surface area contributed by atoms with Gasteiger partial charge in [0.1, 0.15) is 0 Å². The normalized spacial score (nSPS) is 23.0. The molecule has 1 aliphatic heterocycles. The first-order valence-electron chi connectivity index (χ1n) is 12.0. The number of carbonyl (C=O) groups excluding carboxylic acids is 1. The van der Waals surface area contributed by atoms with Gasteiger partial charge in [0.25, 0.3) is 0 Å². The van der Waals surface area contributed by atoms with Crippen LogP contribution in [0.5, 0.6) is 0 Å². The molecule has 172 valence electrons. The monoisotopic (exact) mass is 480 g/mol. The average Bonchev–Trinajstić information content (AvgIpc) is 3.70. The van der Waals surface area contributed by atoms with Gasteiger partial charge in [-0.1, -0.05) is 83.4 Å². The van der Waals surface area contributed by atoms with Gasteiger partial charge in [-0.15, -0.1) is 0 Å². The molecule has 2 aromatic rings. The van der Waals surface area contributed by atoms with E-state index in [0.29, 0.717) is 22.6 Å². The van der Waals surface area contributed by atoms with Crippen LogP contribution in [0.2, 0.25) is 10.0 Å². The number of rotatable bonds is 6. The fraction of sp³-hybridized carbons (Fsp3) is 0.393. The van der Waals surface area contributed by atoms with Crippen LogP contribution in [0.25, 0.3) is 5.57 Å². The zero-order chi connectivity index (χ0) is 22.8. The molecule has 1 N–H and O–H groups in total. The summed E-state index contributed by atoms with van der Waals surface area (Å²) in [5.41, 5.74) is 4.89. The Labute approximate surface area is 206 Å². The molecule has 1 heterocycles. The van der Waals surface area contributed by atoms with Crippen molar-refractivity contribution in [2.75, 3.05) is 13.1 Å². The second kappa shape index (κ2) is 10.0. The minimum atomic E-state index is -0.0429. The van der Waals surface area contributed by atoms with Crippen LogP contribution in [-0.2, 0) is 11.3 Å². The molecule has 0 aromatic heterocycles. The summed E-state index contributed by atoms with van der Waals surface area (Å²) in [6, 6.07) is 16.6. The maximum Gasteiger partial charge on any atom is 0.228 e. The van der Waals surface area contributed by atoms with Gasteiger partial charge in [-0.25, -0.2) is 0 Å². The van der Waals surface area contributed by atoms with Crippen LogP contribution >= 0.6 is 23.2 Å². The lowest BCUT2D eigenvalue weighted by Gasteiger charge is -2.37. The highest BCUT2D eigenvalue weighted by Gasteiger charge is 2.41. The van der Waals surface area contributed by atoms with Gasteiger partial charge in [0.05, 0.1) is 16.0 Å². The molecule has 0 radical (unpaired) electrons. The predicted molar refractivity (Wildman–Crippen MR) is 136 cm³/mol. The fourth-order valence-electron chi connectivity index (χ4n) is 5.25. The predicted octanol–water partition coefficient (Wildman–Crippen LogP) is 6.51. The molecule has 3 aliphatic rings. The minimum Gasteiger partial charge on any atom is -0.335 e. The van der Waals surface area contributed by atoms with Crippen LogP contribution in [0, 0.1) is 11.8 Å². The third kappa shape index (κ3) is 5.06. The van der Waals surface area contributed by atoms with E-state index >= 15 is 0 Å². The summed E-state index contributed by atoms with van der Waals surface area (Å²) in [4.78, 5) is 16.0. The molecule has 5 heteroatoms. The summed E-state index contributed by atoms with van der Waals surface area (Å²) in [6.07, 6.45) is 9.88. The summed E-state index contributed by atoms with van der Waals surface area (Å²) in [5.74, 6) is 0.489. The van der Waals surface area contributed by atoms with E-state index in [1.807, 2.05) is 12.1 Å². The van der Waals surface area contributed by atoms with Crippen molar-refractivity contribution in [3.05, 3.63) is 87.4 Å². The molecule has 2 aliphatic carbocycles. The van der Waals surface area contributed by atoms with Gasteiger partial charge in [0, 0.05) is 19.1 Å². The Morgan fingerprint density at radius 3 is 2.64 bits per heavy atom. The highest BCUT2D eigenvalue weighted by Crippen LogP contribution is 2.39. The molecule has 2 aromatic carbocycles. The van der Waals surface area contributed by atoms with Crippen molar-refractivity contribution in [3.63, 3.8) is 0 Å². The Bertz CT molecular complexity index is 1070. The molecule has 3 nitrogen and oxygen atoms in total. The maximum atomic E-state index is 14.0. The van der Waals surface area contributed by atoms with Crippen LogP contribution in [0.1, 0.15) is 43.2 Å². The van der Waals surface area contributed by atoms with E-state index in [-0.39, 0.29) is 17.7 Å². The van der Waals surface area contributed by atoms with Gasteiger partial charge >= 0.3 is 0 Å². The first kappa shape index (κ1) is 22.7. The highest BCUT2D eigenvalue weighted by molar-refractivity contribution is 6.42. The molecular weight excluding hydrogens is 451 g/mol. The van der Waals surface area contributed by atoms with Crippen LogP contribution in [-0.4, -0.2) is 29.9 Å². The highest BCUT2D eigenvalue weighted by atomic mass is 35.5. The molecule has 1 saturated carbocycles. The number of halogens is 2. The van der Waals surface area contributed by atoms with Crippen molar-refractivity contribution in [2.45, 2.75) is 44.7 Å². The van der Waals surface area contributed by atoms with Crippen molar-refractivity contribution in [1.82, 2.24) is 10.2 Å². The average molecular weight is 481 g/mol. The number of hydrogen-bond donors (Lipinski definition) is 1. The van der Waals surface area contributed by atoms with E-state index in [0.717, 1.165) is 50.8 Å². The van der Waals surface area contributed by atoms with E-state index in [1.165, 1.54) is 16.7 Å². The molecule has 2 fully saturated rings.